The second kappa shape index (κ2) is 41.7. The number of carbonyl (C=O) groups excluding carboxylic acids is 1. The Morgan fingerprint density at radius 2 is 0.468 bits per heavy atom. The molecule has 0 aromatic rings. The van der Waals surface area contributed by atoms with Crippen LogP contribution in [-0.4, -0.2) is 25.0 Å². The van der Waals surface area contributed by atoms with Gasteiger partial charge in [-0.05, 0) is 12.8 Å². The zero-order chi connectivity index (χ0) is 34.9. The second-order valence-electron chi connectivity index (χ2n) is 14.8. The number of rotatable bonds is 38. The summed E-state index contributed by atoms with van der Waals surface area (Å²) >= 11 is 0. The van der Waals surface area contributed by atoms with Gasteiger partial charge in [0.05, 0.1) is 6.26 Å². The Labute approximate surface area is 296 Å². The second-order valence-corrected chi connectivity index (χ2v) is 16.3. The van der Waals surface area contributed by atoms with Crippen LogP contribution in [0, 0.1) is 0 Å². The van der Waals surface area contributed by atoms with Gasteiger partial charge in [0, 0.05) is 12.8 Å². The van der Waals surface area contributed by atoms with E-state index in [1.54, 1.807) is 0 Å². The first kappa shape index (κ1) is 48.7. The highest BCUT2D eigenvalue weighted by atomic mass is 32.2. The van der Waals surface area contributed by atoms with Crippen LogP contribution in [0.15, 0.2) is 0 Å². The maximum Gasteiger partial charge on any atom is 0.261 e. The van der Waals surface area contributed by atoms with Gasteiger partial charge in [-0.15, -0.1) is 0 Å². The molecule has 0 fully saturated rings. The van der Waals surface area contributed by atoms with E-state index in [2.05, 4.69) is 13.8 Å². The fourth-order valence-electron chi connectivity index (χ4n) is 6.57. The monoisotopic (exact) mass is 687 g/mol. The number of carbonyl (C=O) groups is 1. The molecular weight excluding hydrogens is 601 g/mol. The molecule has 0 aliphatic rings. The van der Waals surface area contributed by atoms with Crippen LogP contribution >= 0.6 is 0 Å². The Kier molecular flexibility index (Phi) is 43.3. The molecule has 0 aromatic heterocycles. The molecule has 5 heteroatoms. The fraction of sp³-hybridized carbons (Fsp3) is 0.976. The number of unbranched alkanes of at least 4 members (excludes halogenated alkanes) is 34. The van der Waals surface area contributed by atoms with Crippen LogP contribution in [0.3, 0.4) is 0 Å². The molecule has 0 amide bonds. The number of ketones is 1. The highest BCUT2D eigenvalue weighted by Crippen LogP contribution is 2.17. The third-order valence-electron chi connectivity index (χ3n) is 9.62. The maximum atomic E-state index is 12.2. The summed E-state index contributed by atoms with van der Waals surface area (Å²) in [7, 11) is -3.67. The first-order valence-electron chi connectivity index (χ1n) is 21.2. The van der Waals surface area contributed by atoms with Crippen LogP contribution in [0.2, 0.25) is 0 Å². The summed E-state index contributed by atoms with van der Waals surface area (Å²) in [5, 5.41) is 0. The van der Waals surface area contributed by atoms with Gasteiger partial charge >= 0.3 is 0 Å². The predicted octanol–water partition coefficient (Wildman–Crippen LogP) is 14.9. The average Bonchev–Trinajstić information content (AvgIpc) is 3.03. The van der Waals surface area contributed by atoms with Gasteiger partial charge in [0.15, 0.2) is 0 Å². The Morgan fingerprint density at radius 3 is 0.617 bits per heavy atom. The van der Waals surface area contributed by atoms with Crippen molar-refractivity contribution in [3.63, 3.8) is 0 Å². The van der Waals surface area contributed by atoms with Crippen molar-refractivity contribution in [2.75, 3.05) is 6.26 Å². The molecule has 0 aromatic carbocycles. The summed E-state index contributed by atoms with van der Waals surface area (Å²) in [6, 6.07) is 0. The SMILES string of the molecule is CCCCCCCCCCCCCCCCCCCCCCCC(=O)CCCCCCCCCCCCCCCCC.CS(=O)(=O)O. The van der Waals surface area contributed by atoms with E-state index < -0.39 is 10.1 Å². The van der Waals surface area contributed by atoms with Gasteiger partial charge in [0.1, 0.15) is 5.78 Å². The van der Waals surface area contributed by atoms with Gasteiger partial charge in [-0.1, -0.05) is 232 Å². The zero-order valence-corrected chi connectivity index (χ0v) is 33.3. The van der Waals surface area contributed by atoms with Crippen LogP contribution in [0.5, 0.6) is 0 Å². The fourth-order valence-corrected chi connectivity index (χ4v) is 6.57. The number of Topliss-reactive ketones (excluding diaryl/α,β-unsaturated/α-hetero) is 1. The zero-order valence-electron chi connectivity index (χ0n) is 32.5. The smallest absolute Gasteiger partial charge is 0.261 e. The van der Waals surface area contributed by atoms with Crippen LogP contribution in [-0.2, 0) is 14.9 Å². The summed E-state index contributed by atoms with van der Waals surface area (Å²) in [4.78, 5) is 12.2. The summed E-state index contributed by atoms with van der Waals surface area (Å²) in [5.41, 5.74) is 0. The Balaban J connectivity index is 0. The lowest BCUT2D eigenvalue weighted by Gasteiger charge is -2.05. The molecule has 0 atom stereocenters. The molecule has 0 bridgehead atoms. The van der Waals surface area contributed by atoms with Crippen molar-refractivity contribution in [3.8, 4) is 0 Å². The number of hydrogen-bond acceptors (Lipinski definition) is 3. The highest BCUT2D eigenvalue weighted by Gasteiger charge is 2.02. The first-order chi connectivity index (χ1) is 22.8. The van der Waals surface area contributed by atoms with E-state index in [0.29, 0.717) is 12.0 Å². The summed E-state index contributed by atoms with van der Waals surface area (Å²) in [6.45, 7) is 4.60. The van der Waals surface area contributed by atoms with E-state index in [4.69, 9.17) is 4.55 Å². The minimum atomic E-state index is -3.67. The van der Waals surface area contributed by atoms with E-state index in [1.165, 1.54) is 218 Å². The van der Waals surface area contributed by atoms with E-state index in [0.717, 1.165) is 25.7 Å². The molecule has 0 radical (unpaired) electrons. The van der Waals surface area contributed by atoms with Crippen molar-refractivity contribution >= 4 is 15.9 Å². The molecule has 0 heterocycles. The lowest BCUT2D eigenvalue weighted by atomic mass is 10.0. The van der Waals surface area contributed by atoms with E-state index in [1.807, 2.05) is 0 Å². The van der Waals surface area contributed by atoms with Crippen molar-refractivity contribution in [2.45, 2.75) is 258 Å². The molecule has 284 valence electrons. The molecule has 0 aliphatic heterocycles. The van der Waals surface area contributed by atoms with Crippen LogP contribution in [0.1, 0.15) is 258 Å². The minimum absolute atomic E-state index is 0.530. The highest BCUT2D eigenvalue weighted by molar-refractivity contribution is 7.85. The van der Waals surface area contributed by atoms with Crippen molar-refractivity contribution in [1.82, 2.24) is 0 Å². The third-order valence-corrected chi connectivity index (χ3v) is 9.62. The van der Waals surface area contributed by atoms with Crippen molar-refractivity contribution < 1.29 is 17.8 Å². The quantitative estimate of drug-likeness (QED) is 0.0518. The largest absolute Gasteiger partial charge is 0.300 e. The minimum Gasteiger partial charge on any atom is -0.300 e. The Hall–Kier alpha value is -0.420. The average molecular weight is 687 g/mol. The Morgan fingerprint density at radius 1 is 0.340 bits per heavy atom. The van der Waals surface area contributed by atoms with Crippen LogP contribution in [0.4, 0.5) is 0 Å². The maximum absolute atomic E-state index is 12.2. The normalized spacial score (nSPS) is 11.5. The summed E-state index contributed by atoms with van der Waals surface area (Å²) in [5.74, 6) is 0.530. The molecule has 0 spiro atoms. The summed E-state index contributed by atoms with van der Waals surface area (Å²) in [6.07, 6.45) is 53.1. The molecule has 1 N–H and O–H groups in total. The molecule has 0 aliphatic carbocycles. The predicted molar refractivity (Wildman–Crippen MR) is 209 cm³/mol. The molecule has 4 nitrogen and oxygen atoms in total. The van der Waals surface area contributed by atoms with Gasteiger partial charge in [0.2, 0.25) is 0 Å². The van der Waals surface area contributed by atoms with E-state index in [9.17, 15) is 13.2 Å². The lowest BCUT2D eigenvalue weighted by molar-refractivity contribution is -0.119. The third kappa shape index (κ3) is 55.3. The molecule has 47 heavy (non-hydrogen) atoms. The molecule has 0 rings (SSSR count). The van der Waals surface area contributed by atoms with Gasteiger partial charge in [-0.3, -0.25) is 9.35 Å². The molecule has 0 saturated heterocycles. The molecular formula is C42H86O4S. The van der Waals surface area contributed by atoms with Crippen molar-refractivity contribution in [2.24, 2.45) is 0 Å². The summed E-state index contributed by atoms with van der Waals surface area (Å²) < 4.78 is 25.9. The number of hydrogen-bond donors (Lipinski definition) is 1. The van der Waals surface area contributed by atoms with Crippen molar-refractivity contribution in [3.05, 3.63) is 0 Å². The van der Waals surface area contributed by atoms with Gasteiger partial charge in [-0.2, -0.15) is 8.42 Å². The topological polar surface area (TPSA) is 71.4 Å². The van der Waals surface area contributed by atoms with E-state index in [-0.39, 0.29) is 0 Å². The molecule has 0 saturated carbocycles. The van der Waals surface area contributed by atoms with Crippen molar-refractivity contribution in [1.29, 1.82) is 0 Å². The standard InChI is InChI=1S/C41H82O.CH4O3S/c1-3-5-7-9-11-13-15-17-19-20-21-22-23-24-26-28-30-32-34-36-38-40-41(42)39-37-35-33-31-29-27-25-18-16-14-12-10-8-6-4-2;1-5(2,3)4/h3-40H2,1-2H3;1H3,(H,2,3,4). The van der Waals surface area contributed by atoms with Crippen LogP contribution < -0.4 is 0 Å². The lowest BCUT2D eigenvalue weighted by Crippen LogP contribution is -1.97. The Bertz CT molecular complexity index is 683. The van der Waals surface area contributed by atoms with Gasteiger partial charge in [-0.25, -0.2) is 0 Å². The first-order valence-corrected chi connectivity index (χ1v) is 23.1. The van der Waals surface area contributed by atoms with E-state index >= 15 is 0 Å². The van der Waals surface area contributed by atoms with Gasteiger partial charge in [0.25, 0.3) is 10.1 Å². The van der Waals surface area contributed by atoms with Crippen LogP contribution in [0.25, 0.3) is 0 Å². The molecule has 0 unspecified atom stereocenters. The van der Waals surface area contributed by atoms with Gasteiger partial charge < -0.3 is 0 Å².